The predicted octanol–water partition coefficient (Wildman–Crippen LogP) is 4.24. The SMILES string of the molecule is Cc1cc(C)c(C2=C(O)[C@@H]3[C@@H]4O[C@@H](C[C@H]4c4ccco4)[C@@H]3C2=O)c(C)c1. The first-order valence-corrected chi connectivity index (χ1v) is 9.21. The molecule has 5 atom stereocenters. The first kappa shape index (κ1) is 15.9. The van der Waals surface area contributed by atoms with Crippen LogP contribution in [0.15, 0.2) is 40.7 Å². The number of carbonyl (C=O) groups excluding carboxylic acids is 1. The molecule has 4 heteroatoms. The highest BCUT2D eigenvalue weighted by Crippen LogP contribution is 2.58. The van der Waals surface area contributed by atoms with Gasteiger partial charge in [-0.05, 0) is 56.0 Å². The summed E-state index contributed by atoms with van der Waals surface area (Å²) in [5, 5.41) is 11.1. The molecule has 2 bridgehead atoms. The summed E-state index contributed by atoms with van der Waals surface area (Å²) in [7, 11) is 0. The Balaban J connectivity index is 1.60. The van der Waals surface area contributed by atoms with Gasteiger partial charge in [-0.2, -0.15) is 0 Å². The molecule has 3 heterocycles. The van der Waals surface area contributed by atoms with Crippen molar-refractivity contribution >= 4 is 11.4 Å². The number of hydrogen-bond acceptors (Lipinski definition) is 4. The Kier molecular flexibility index (Phi) is 3.26. The van der Waals surface area contributed by atoms with Crippen LogP contribution in [0.3, 0.4) is 0 Å². The maximum Gasteiger partial charge on any atom is 0.173 e. The molecule has 1 aliphatic carbocycles. The summed E-state index contributed by atoms with van der Waals surface area (Å²) < 4.78 is 11.7. The zero-order chi connectivity index (χ0) is 18.2. The third-order valence-corrected chi connectivity index (χ3v) is 6.31. The fourth-order valence-electron chi connectivity index (χ4n) is 5.46. The lowest BCUT2D eigenvalue weighted by Crippen LogP contribution is -2.33. The van der Waals surface area contributed by atoms with Crippen molar-refractivity contribution in [3.8, 4) is 0 Å². The summed E-state index contributed by atoms with van der Waals surface area (Å²) in [5.41, 5.74) is 4.63. The Labute approximate surface area is 152 Å². The van der Waals surface area contributed by atoms with E-state index in [-0.39, 0.29) is 41.5 Å². The van der Waals surface area contributed by atoms with Crippen LogP contribution >= 0.6 is 0 Å². The van der Waals surface area contributed by atoms with Crippen molar-refractivity contribution in [1.29, 1.82) is 0 Å². The molecular weight excluding hydrogens is 328 g/mol. The third kappa shape index (κ3) is 1.96. The second-order valence-corrected chi connectivity index (χ2v) is 7.95. The van der Waals surface area contributed by atoms with E-state index in [1.165, 1.54) is 0 Å². The number of benzene rings is 1. The molecule has 2 aromatic rings. The molecule has 1 N–H and O–H groups in total. The summed E-state index contributed by atoms with van der Waals surface area (Å²) in [6.07, 6.45) is 2.11. The lowest BCUT2D eigenvalue weighted by atomic mass is 9.74. The van der Waals surface area contributed by atoms with Gasteiger partial charge in [0.15, 0.2) is 5.78 Å². The van der Waals surface area contributed by atoms with Gasteiger partial charge in [-0.15, -0.1) is 0 Å². The van der Waals surface area contributed by atoms with Crippen LogP contribution in [0.25, 0.3) is 5.57 Å². The van der Waals surface area contributed by atoms with E-state index in [1.807, 2.05) is 32.9 Å². The average molecular weight is 350 g/mol. The van der Waals surface area contributed by atoms with E-state index in [4.69, 9.17) is 9.15 Å². The van der Waals surface area contributed by atoms with Crippen molar-refractivity contribution in [2.75, 3.05) is 0 Å². The molecule has 0 radical (unpaired) electrons. The predicted molar refractivity (Wildman–Crippen MR) is 96.9 cm³/mol. The van der Waals surface area contributed by atoms with Gasteiger partial charge < -0.3 is 14.3 Å². The molecule has 0 saturated carbocycles. The minimum absolute atomic E-state index is 0.0351. The number of aliphatic hydroxyl groups excluding tert-OH is 1. The van der Waals surface area contributed by atoms with Crippen LogP contribution in [0, 0.1) is 32.6 Å². The molecule has 2 saturated heterocycles. The van der Waals surface area contributed by atoms with Crippen LogP contribution in [-0.2, 0) is 9.53 Å². The van der Waals surface area contributed by atoms with Gasteiger partial charge in [0.05, 0.1) is 35.9 Å². The Bertz CT molecular complexity index is 914. The van der Waals surface area contributed by atoms with Gasteiger partial charge in [-0.1, -0.05) is 17.7 Å². The van der Waals surface area contributed by atoms with Crippen LogP contribution < -0.4 is 0 Å². The molecule has 3 aliphatic rings. The van der Waals surface area contributed by atoms with Crippen molar-refractivity contribution in [2.24, 2.45) is 11.8 Å². The number of Topliss-reactive ketones (excluding diaryl/α,β-unsaturated/α-hetero) is 1. The number of aliphatic hydroxyl groups is 1. The summed E-state index contributed by atoms with van der Waals surface area (Å²) in [5.74, 6) is 0.706. The normalized spacial score (nSPS) is 32.6. The number of rotatable bonds is 2. The Morgan fingerprint density at radius 1 is 1.12 bits per heavy atom. The number of allylic oxidation sites excluding steroid dienone is 1. The van der Waals surface area contributed by atoms with Crippen LogP contribution in [0.2, 0.25) is 0 Å². The second-order valence-electron chi connectivity index (χ2n) is 7.95. The van der Waals surface area contributed by atoms with Gasteiger partial charge in [0, 0.05) is 5.92 Å². The van der Waals surface area contributed by atoms with Crippen LogP contribution in [0.1, 0.15) is 40.4 Å². The van der Waals surface area contributed by atoms with E-state index in [9.17, 15) is 9.90 Å². The highest BCUT2D eigenvalue weighted by Gasteiger charge is 2.63. The summed E-state index contributed by atoms with van der Waals surface area (Å²) >= 11 is 0. The van der Waals surface area contributed by atoms with Gasteiger partial charge in [-0.3, -0.25) is 4.79 Å². The van der Waals surface area contributed by atoms with Crippen LogP contribution in [0.5, 0.6) is 0 Å². The zero-order valence-electron chi connectivity index (χ0n) is 15.2. The van der Waals surface area contributed by atoms with E-state index < -0.39 is 0 Å². The molecule has 2 fully saturated rings. The van der Waals surface area contributed by atoms with Gasteiger partial charge in [0.25, 0.3) is 0 Å². The summed E-state index contributed by atoms with van der Waals surface area (Å²) in [6.45, 7) is 6.06. The largest absolute Gasteiger partial charge is 0.511 e. The molecule has 1 aromatic carbocycles. The number of ether oxygens (including phenoxy) is 1. The summed E-state index contributed by atoms with van der Waals surface area (Å²) in [4.78, 5) is 13.2. The van der Waals surface area contributed by atoms with Crippen LogP contribution in [0.4, 0.5) is 0 Å². The monoisotopic (exact) mass is 350 g/mol. The molecule has 134 valence electrons. The van der Waals surface area contributed by atoms with E-state index in [0.717, 1.165) is 34.4 Å². The standard InChI is InChI=1S/C22H22O4/c1-10-7-11(2)16(12(3)8-10)18-20(23)17-15-9-13(14-5-4-6-25-14)22(26-15)19(17)21(18)24/h4-8,13,15,17,19,22,24H,9H2,1-3H3/t13-,15-,17-,19+,22+/m0/s1. The number of aryl methyl sites for hydroxylation is 3. The molecule has 5 rings (SSSR count). The molecular formula is C22H22O4. The summed E-state index contributed by atoms with van der Waals surface area (Å²) in [6, 6.07) is 7.97. The second kappa shape index (κ2) is 5.34. The number of furan rings is 1. The Hall–Kier alpha value is -2.33. The maximum atomic E-state index is 13.2. The lowest BCUT2D eigenvalue weighted by Gasteiger charge is -2.26. The molecule has 26 heavy (non-hydrogen) atoms. The maximum absolute atomic E-state index is 13.2. The van der Waals surface area contributed by atoms with Crippen molar-refractivity contribution in [3.63, 3.8) is 0 Å². The topological polar surface area (TPSA) is 59.7 Å². The minimum Gasteiger partial charge on any atom is -0.511 e. The highest BCUT2D eigenvalue weighted by molar-refractivity contribution is 6.26. The van der Waals surface area contributed by atoms with E-state index >= 15 is 0 Å². The molecule has 0 amide bonds. The quantitative estimate of drug-likeness (QED) is 0.880. The van der Waals surface area contributed by atoms with Crippen molar-refractivity contribution in [3.05, 3.63) is 64.3 Å². The van der Waals surface area contributed by atoms with Gasteiger partial charge in [0.1, 0.15) is 11.5 Å². The zero-order valence-corrected chi connectivity index (χ0v) is 15.2. The van der Waals surface area contributed by atoms with E-state index in [2.05, 4.69) is 12.1 Å². The van der Waals surface area contributed by atoms with E-state index in [0.29, 0.717) is 5.57 Å². The first-order chi connectivity index (χ1) is 12.5. The van der Waals surface area contributed by atoms with Crippen molar-refractivity contribution in [1.82, 2.24) is 0 Å². The molecule has 1 aromatic heterocycles. The fraction of sp³-hybridized carbons (Fsp3) is 0.409. The number of fused-ring (bicyclic) bond motifs is 5. The van der Waals surface area contributed by atoms with Gasteiger partial charge in [0.2, 0.25) is 0 Å². The fourth-order valence-corrected chi connectivity index (χ4v) is 5.46. The number of hydrogen-bond donors (Lipinski definition) is 1. The lowest BCUT2D eigenvalue weighted by molar-refractivity contribution is -0.118. The van der Waals surface area contributed by atoms with Crippen molar-refractivity contribution in [2.45, 2.75) is 45.3 Å². The van der Waals surface area contributed by atoms with E-state index in [1.54, 1.807) is 6.26 Å². The Morgan fingerprint density at radius 2 is 1.85 bits per heavy atom. The van der Waals surface area contributed by atoms with Crippen LogP contribution in [-0.4, -0.2) is 23.1 Å². The molecule has 2 aliphatic heterocycles. The highest BCUT2D eigenvalue weighted by atomic mass is 16.5. The third-order valence-electron chi connectivity index (χ3n) is 6.31. The number of carbonyl (C=O) groups is 1. The minimum atomic E-state index is -0.263. The number of ketones is 1. The molecule has 4 nitrogen and oxygen atoms in total. The van der Waals surface area contributed by atoms with Gasteiger partial charge in [-0.25, -0.2) is 0 Å². The van der Waals surface area contributed by atoms with Gasteiger partial charge >= 0.3 is 0 Å². The smallest absolute Gasteiger partial charge is 0.173 e. The molecule has 0 unspecified atom stereocenters. The molecule has 0 spiro atoms. The average Bonchev–Trinajstić information content (AvgIpc) is 3.33. The first-order valence-electron chi connectivity index (χ1n) is 9.21. The van der Waals surface area contributed by atoms with Crippen molar-refractivity contribution < 1.29 is 19.1 Å². The Morgan fingerprint density at radius 3 is 2.50 bits per heavy atom.